The molecule has 2 aromatic carbocycles. The van der Waals surface area contributed by atoms with Gasteiger partial charge in [-0.15, -0.1) is 0 Å². The molecule has 1 N–H and O–H groups in total. The molecule has 3 aromatic rings. The Bertz CT molecular complexity index is 976. The lowest BCUT2D eigenvalue weighted by molar-refractivity contribution is 0.0924. The molecule has 0 fully saturated rings. The standard InChI is InChI=1S/C22H21N3O3/c1-2-15-5-4-8-18-19(9-12-27-21(15)18)25-22(26)16-6-3-7-17(13-16)28-20-14-23-10-11-24-20/h3-8,10-11,13-14,19H,2,9,12H2,1H3,(H,25,26). The van der Waals surface area contributed by atoms with E-state index >= 15 is 0 Å². The van der Waals surface area contributed by atoms with E-state index in [4.69, 9.17) is 9.47 Å². The summed E-state index contributed by atoms with van der Waals surface area (Å²) in [4.78, 5) is 20.9. The van der Waals surface area contributed by atoms with E-state index < -0.39 is 0 Å². The number of carbonyl (C=O) groups excluding carboxylic acids is 1. The summed E-state index contributed by atoms with van der Waals surface area (Å²) in [6.45, 7) is 2.69. The third-order valence-electron chi connectivity index (χ3n) is 4.70. The Balaban J connectivity index is 1.52. The Morgan fingerprint density at radius 2 is 2.14 bits per heavy atom. The molecule has 1 amide bonds. The number of nitrogens with one attached hydrogen (secondary N) is 1. The molecule has 1 aromatic heterocycles. The third-order valence-corrected chi connectivity index (χ3v) is 4.70. The van der Waals surface area contributed by atoms with E-state index in [2.05, 4.69) is 28.3 Å². The average molecular weight is 375 g/mol. The summed E-state index contributed by atoms with van der Waals surface area (Å²) in [5.74, 6) is 1.67. The van der Waals surface area contributed by atoms with Crippen molar-refractivity contribution in [3.05, 3.63) is 77.7 Å². The number of para-hydroxylation sites is 1. The number of fused-ring (bicyclic) bond motifs is 1. The van der Waals surface area contributed by atoms with Crippen LogP contribution in [0.3, 0.4) is 0 Å². The predicted molar refractivity (Wildman–Crippen MR) is 105 cm³/mol. The minimum atomic E-state index is -0.149. The van der Waals surface area contributed by atoms with E-state index in [1.165, 1.54) is 6.20 Å². The average Bonchev–Trinajstić information content (AvgIpc) is 2.74. The Kier molecular flexibility index (Phi) is 5.19. The smallest absolute Gasteiger partial charge is 0.251 e. The van der Waals surface area contributed by atoms with E-state index in [-0.39, 0.29) is 11.9 Å². The number of aryl methyl sites for hydroxylation is 1. The van der Waals surface area contributed by atoms with Crippen LogP contribution in [-0.2, 0) is 6.42 Å². The van der Waals surface area contributed by atoms with Crippen LogP contribution in [0.1, 0.15) is 40.9 Å². The zero-order valence-corrected chi connectivity index (χ0v) is 15.6. The van der Waals surface area contributed by atoms with Gasteiger partial charge in [0.1, 0.15) is 11.5 Å². The maximum absolute atomic E-state index is 12.8. The van der Waals surface area contributed by atoms with Crippen molar-refractivity contribution in [2.75, 3.05) is 6.61 Å². The molecule has 0 saturated heterocycles. The van der Waals surface area contributed by atoms with Crippen molar-refractivity contribution in [2.24, 2.45) is 0 Å². The van der Waals surface area contributed by atoms with E-state index in [1.807, 2.05) is 12.1 Å². The van der Waals surface area contributed by atoms with Gasteiger partial charge in [0, 0.05) is 29.9 Å². The fraction of sp³-hybridized carbons (Fsp3) is 0.227. The molecule has 0 aliphatic carbocycles. The second-order valence-corrected chi connectivity index (χ2v) is 6.53. The van der Waals surface area contributed by atoms with Crippen molar-refractivity contribution in [1.82, 2.24) is 15.3 Å². The van der Waals surface area contributed by atoms with Gasteiger partial charge in [0.2, 0.25) is 5.88 Å². The molecular weight excluding hydrogens is 354 g/mol. The monoisotopic (exact) mass is 375 g/mol. The molecule has 1 aliphatic rings. The van der Waals surface area contributed by atoms with Crippen LogP contribution >= 0.6 is 0 Å². The third kappa shape index (κ3) is 3.81. The lowest BCUT2D eigenvalue weighted by atomic mass is 9.96. The normalized spacial score (nSPS) is 15.2. The van der Waals surface area contributed by atoms with Crippen LogP contribution in [0.15, 0.2) is 61.1 Å². The van der Waals surface area contributed by atoms with Gasteiger partial charge < -0.3 is 14.8 Å². The Morgan fingerprint density at radius 3 is 2.96 bits per heavy atom. The molecule has 6 nitrogen and oxygen atoms in total. The van der Waals surface area contributed by atoms with Gasteiger partial charge in [0.15, 0.2) is 0 Å². The quantitative estimate of drug-likeness (QED) is 0.727. The fourth-order valence-electron chi connectivity index (χ4n) is 3.32. The van der Waals surface area contributed by atoms with Gasteiger partial charge >= 0.3 is 0 Å². The molecular formula is C22H21N3O3. The van der Waals surface area contributed by atoms with E-state index in [0.717, 1.165) is 29.7 Å². The van der Waals surface area contributed by atoms with Gasteiger partial charge in [-0.05, 0) is 30.2 Å². The van der Waals surface area contributed by atoms with Gasteiger partial charge in [-0.2, -0.15) is 0 Å². The van der Waals surface area contributed by atoms with Crippen LogP contribution in [0.4, 0.5) is 0 Å². The lowest BCUT2D eigenvalue weighted by Crippen LogP contribution is -2.32. The number of nitrogens with zero attached hydrogens (tertiary/aromatic N) is 2. The van der Waals surface area contributed by atoms with Gasteiger partial charge in [0.25, 0.3) is 5.91 Å². The van der Waals surface area contributed by atoms with Crippen molar-refractivity contribution >= 4 is 5.91 Å². The highest BCUT2D eigenvalue weighted by atomic mass is 16.5. The van der Waals surface area contributed by atoms with Gasteiger partial charge in [0.05, 0.1) is 18.8 Å². The molecule has 28 heavy (non-hydrogen) atoms. The van der Waals surface area contributed by atoms with E-state index in [1.54, 1.807) is 36.7 Å². The largest absolute Gasteiger partial charge is 0.493 e. The number of hydrogen-bond donors (Lipinski definition) is 1. The topological polar surface area (TPSA) is 73.3 Å². The molecule has 0 bridgehead atoms. The van der Waals surface area contributed by atoms with Crippen molar-refractivity contribution in [3.8, 4) is 17.4 Å². The number of ether oxygens (including phenoxy) is 2. The molecule has 4 rings (SSSR count). The number of hydrogen-bond acceptors (Lipinski definition) is 5. The Morgan fingerprint density at radius 1 is 1.25 bits per heavy atom. The summed E-state index contributed by atoms with van der Waals surface area (Å²) in [6.07, 6.45) is 6.29. The summed E-state index contributed by atoms with van der Waals surface area (Å²) in [5, 5.41) is 3.13. The van der Waals surface area contributed by atoms with Crippen LogP contribution in [-0.4, -0.2) is 22.5 Å². The summed E-state index contributed by atoms with van der Waals surface area (Å²) in [7, 11) is 0. The van der Waals surface area contributed by atoms with Crippen LogP contribution in [0, 0.1) is 0 Å². The summed E-state index contributed by atoms with van der Waals surface area (Å²) < 4.78 is 11.5. The summed E-state index contributed by atoms with van der Waals surface area (Å²) in [6, 6.07) is 13.1. The fourth-order valence-corrected chi connectivity index (χ4v) is 3.32. The first-order chi connectivity index (χ1) is 13.7. The first kappa shape index (κ1) is 18.0. The number of rotatable bonds is 5. The molecule has 0 saturated carbocycles. The number of aromatic nitrogens is 2. The number of amides is 1. The second-order valence-electron chi connectivity index (χ2n) is 6.53. The maximum atomic E-state index is 12.8. The molecule has 0 radical (unpaired) electrons. The lowest BCUT2D eigenvalue weighted by Gasteiger charge is -2.28. The van der Waals surface area contributed by atoms with Crippen LogP contribution < -0.4 is 14.8 Å². The van der Waals surface area contributed by atoms with E-state index in [0.29, 0.717) is 23.8 Å². The summed E-state index contributed by atoms with van der Waals surface area (Å²) >= 11 is 0. The Hall–Kier alpha value is -3.41. The van der Waals surface area contributed by atoms with Crippen molar-refractivity contribution < 1.29 is 14.3 Å². The maximum Gasteiger partial charge on any atom is 0.251 e. The Labute approximate surface area is 163 Å². The van der Waals surface area contributed by atoms with Gasteiger partial charge in [-0.3, -0.25) is 9.78 Å². The highest BCUT2D eigenvalue weighted by Gasteiger charge is 2.25. The van der Waals surface area contributed by atoms with Crippen LogP contribution in [0.5, 0.6) is 17.4 Å². The number of benzene rings is 2. The molecule has 1 unspecified atom stereocenters. The molecule has 6 heteroatoms. The van der Waals surface area contributed by atoms with Crippen molar-refractivity contribution in [2.45, 2.75) is 25.8 Å². The summed E-state index contributed by atoms with van der Waals surface area (Å²) in [5.41, 5.74) is 2.72. The van der Waals surface area contributed by atoms with Crippen LogP contribution in [0.25, 0.3) is 0 Å². The zero-order chi connectivity index (χ0) is 19.3. The van der Waals surface area contributed by atoms with Crippen LogP contribution in [0.2, 0.25) is 0 Å². The predicted octanol–water partition coefficient (Wildman–Crippen LogP) is 4.08. The molecule has 2 heterocycles. The number of carbonyl (C=O) groups is 1. The van der Waals surface area contributed by atoms with Crippen molar-refractivity contribution in [1.29, 1.82) is 0 Å². The SMILES string of the molecule is CCc1cccc2c1OCCC2NC(=O)c1cccc(Oc2cnccn2)c1. The van der Waals surface area contributed by atoms with E-state index in [9.17, 15) is 4.79 Å². The zero-order valence-electron chi connectivity index (χ0n) is 15.6. The first-order valence-electron chi connectivity index (χ1n) is 9.34. The van der Waals surface area contributed by atoms with Crippen molar-refractivity contribution in [3.63, 3.8) is 0 Å². The minimum absolute atomic E-state index is 0.0766. The van der Waals surface area contributed by atoms with Gasteiger partial charge in [-0.25, -0.2) is 4.98 Å². The highest BCUT2D eigenvalue weighted by Crippen LogP contribution is 2.35. The highest BCUT2D eigenvalue weighted by molar-refractivity contribution is 5.95. The molecule has 0 spiro atoms. The second kappa shape index (κ2) is 8.08. The minimum Gasteiger partial charge on any atom is -0.493 e. The first-order valence-corrected chi connectivity index (χ1v) is 9.34. The van der Waals surface area contributed by atoms with Gasteiger partial charge in [-0.1, -0.05) is 31.2 Å². The molecule has 142 valence electrons. The molecule has 1 atom stereocenters. The molecule has 1 aliphatic heterocycles.